The van der Waals surface area contributed by atoms with Crippen molar-refractivity contribution >= 4 is 26.8 Å². The molecule has 2 aromatic heterocycles. The minimum absolute atomic E-state index is 0.0432. The van der Waals surface area contributed by atoms with Gasteiger partial charge in [-0.05, 0) is 19.4 Å². The number of pyridine rings is 1. The van der Waals surface area contributed by atoms with Crippen molar-refractivity contribution in [2.45, 2.75) is 19.4 Å². The van der Waals surface area contributed by atoms with Gasteiger partial charge in [0.15, 0.2) is 15.5 Å². The van der Waals surface area contributed by atoms with Crippen molar-refractivity contribution in [2.75, 3.05) is 50.9 Å². The van der Waals surface area contributed by atoms with Crippen LogP contribution >= 0.6 is 0 Å². The normalized spacial score (nSPS) is 20.6. The number of aryl methyl sites for hydroxylation is 1. The van der Waals surface area contributed by atoms with Gasteiger partial charge >= 0.3 is 0 Å². The lowest BCUT2D eigenvalue weighted by molar-refractivity contribution is 0.0383. The maximum atomic E-state index is 13.4. The molecule has 4 heterocycles. The van der Waals surface area contributed by atoms with Crippen molar-refractivity contribution < 1.29 is 17.9 Å². The first-order valence-corrected chi connectivity index (χ1v) is 13.5. The van der Waals surface area contributed by atoms with Gasteiger partial charge in [0, 0.05) is 31.7 Å². The van der Waals surface area contributed by atoms with Crippen molar-refractivity contribution in [3.05, 3.63) is 47.7 Å². The molecule has 2 fully saturated rings. The molecule has 0 radical (unpaired) electrons. The number of rotatable bonds is 6. The first kappa shape index (κ1) is 22.9. The second-order valence-corrected chi connectivity index (χ2v) is 11.1. The van der Waals surface area contributed by atoms with Gasteiger partial charge in [-0.25, -0.2) is 18.1 Å². The Kier molecular flexibility index (Phi) is 6.37. The molecule has 1 unspecified atom stereocenters. The topological polar surface area (TPSA) is 106 Å². The van der Waals surface area contributed by atoms with E-state index >= 15 is 0 Å². The van der Waals surface area contributed by atoms with E-state index in [4.69, 9.17) is 9.72 Å². The van der Waals surface area contributed by atoms with E-state index in [1.807, 2.05) is 43.3 Å². The summed E-state index contributed by atoms with van der Waals surface area (Å²) in [6.07, 6.45) is 0.497. The Morgan fingerprint density at radius 2 is 1.97 bits per heavy atom. The molecule has 180 valence electrons. The lowest BCUT2D eigenvalue weighted by Crippen LogP contribution is -2.41. The molecule has 0 bridgehead atoms. The van der Waals surface area contributed by atoms with Crippen LogP contribution in [0.5, 0.6) is 0 Å². The molecule has 0 aliphatic carbocycles. The summed E-state index contributed by atoms with van der Waals surface area (Å²) in [4.78, 5) is 20.5. The number of carbonyl (C=O) groups is 1. The number of carbonyl (C=O) groups excluding carboxylic acids is 1. The largest absolute Gasteiger partial charge is 0.379 e. The molecular formula is C24H29N5O4S. The van der Waals surface area contributed by atoms with Crippen LogP contribution in [0.25, 0.3) is 22.3 Å². The fourth-order valence-electron chi connectivity index (χ4n) is 4.72. The van der Waals surface area contributed by atoms with Gasteiger partial charge in [-0.2, -0.15) is 5.10 Å². The zero-order valence-corrected chi connectivity index (χ0v) is 20.1. The Morgan fingerprint density at radius 1 is 1.21 bits per heavy atom. The second kappa shape index (κ2) is 9.44. The number of fused-ring (bicyclic) bond motifs is 1. The molecule has 0 spiro atoms. The maximum absolute atomic E-state index is 13.4. The lowest BCUT2D eigenvalue weighted by Gasteiger charge is -2.26. The number of hydrogen-bond donors (Lipinski definition) is 1. The molecule has 2 aliphatic rings. The van der Waals surface area contributed by atoms with Crippen molar-refractivity contribution in [1.29, 1.82) is 0 Å². The summed E-state index contributed by atoms with van der Waals surface area (Å²) in [6, 6.07) is 11.2. The predicted octanol–water partition coefficient (Wildman–Crippen LogP) is 1.83. The molecule has 1 N–H and O–H groups in total. The molecule has 10 heteroatoms. The van der Waals surface area contributed by atoms with E-state index in [9.17, 15) is 13.2 Å². The van der Waals surface area contributed by atoms with E-state index in [-0.39, 0.29) is 23.5 Å². The summed E-state index contributed by atoms with van der Waals surface area (Å²) < 4.78 is 31.4. The van der Waals surface area contributed by atoms with Gasteiger partial charge in [-0.15, -0.1) is 0 Å². The number of amides is 1. The Labute approximate surface area is 199 Å². The van der Waals surface area contributed by atoms with Gasteiger partial charge < -0.3 is 10.1 Å². The fraction of sp³-hybridized carbons (Fsp3) is 0.458. The van der Waals surface area contributed by atoms with Gasteiger partial charge in [0.2, 0.25) is 0 Å². The highest BCUT2D eigenvalue weighted by Gasteiger charge is 2.32. The van der Waals surface area contributed by atoms with Crippen molar-refractivity contribution in [1.82, 2.24) is 25.0 Å². The van der Waals surface area contributed by atoms with Crippen LogP contribution in [0, 0.1) is 6.92 Å². The van der Waals surface area contributed by atoms with Crippen LogP contribution in [0.4, 0.5) is 0 Å². The Bertz CT molecular complexity index is 1300. The standard InChI is InChI=1S/C24H29N5O4S/c1-17-22-20(24(30)25-8-9-28-10-12-33-13-11-28)15-21(18-5-3-2-4-6-18)26-23(22)29(27-17)19-7-14-34(31,32)16-19/h2-6,15,19H,7-14,16H2,1H3,(H,25,30). The second-order valence-electron chi connectivity index (χ2n) is 8.92. The number of benzene rings is 1. The van der Waals surface area contributed by atoms with Gasteiger partial charge in [0.25, 0.3) is 5.91 Å². The van der Waals surface area contributed by atoms with E-state index in [1.165, 1.54) is 0 Å². The summed E-state index contributed by atoms with van der Waals surface area (Å²) in [5, 5.41) is 8.38. The van der Waals surface area contributed by atoms with Crippen LogP contribution in [0.2, 0.25) is 0 Å². The third-order valence-corrected chi connectivity index (χ3v) is 8.27. The van der Waals surface area contributed by atoms with Crippen LogP contribution in [0.1, 0.15) is 28.5 Å². The van der Waals surface area contributed by atoms with Crippen LogP contribution < -0.4 is 5.32 Å². The van der Waals surface area contributed by atoms with Crippen LogP contribution in [0.3, 0.4) is 0 Å². The molecule has 9 nitrogen and oxygen atoms in total. The van der Waals surface area contributed by atoms with E-state index in [1.54, 1.807) is 4.68 Å². The van der Waals surface area contributed by atoms with Gasteiger partial charge in [0.1, 0.15) is 0 Å². The minimum Gasteiger partial charge on any atom is -0.379 e. The lowest BCUT2D eigenvalue weighted by atomic mass is 10.0. The Morgan fingerprint density at radius 3 is 2.68 bits per heavy atom. The molecule has 2 aliphatic heterocycles. The van der Waals surface area contributed by atoms with Crippen LogP contribution in [-0.2, 0) is 14.6 Å². The van der Waals surface area contributed by atoms with Gasteiger partial charge in [-0.3, -0.25) is 9.69 Å². The highest BCUT2D eigenvalue weighted by molar-refractivity contribution is 7.91. The summed E-state index contributed by atoms with van der Waals surface area (Å²) in [6.45, 7) is 6.29. The zero-order chi connectivity index (χ0) is 23.7. The van der Waals surface area contributed by atoms with Gasteiger partial charge in [0.05, 0.1) is 53.1 Å². The van der Waals surface area contributed by atoms with E-state index in [0.717, 1.165) is 25.2 Å². The van der Waals surface area contributed by atoms with Crippen molar-refractivity contribution in [3.8, 4) is 11.3 Å². The number of nitrogens with one attached hydrogen (secondary N) is 1. The number of hydrogen-bond acceptors (Lipinski definition) is 7. The van der Waals surface area contributed by atoms with Crippen molar-refractivity contribution in [2.24, 2.45) is 0 Å². The van der Waals surface area contributed by atoms with E-state index in [2.05, 4.69) is 15.3 Å². The average Bonchev–Trinajstić information content (AvgIpc) is 3.38. The first-order valence-electron chi connectivity index (χ1n) is 11.7. The number of sulfone groups is 1. The summed E-state index contributed by atoms with van der Waals surface area (Å²) in [5.74, 6) is 0.00638. The van der Waals surface area contributed by atoms with Crippen LogP contribution in [0.15, 0.2) is 36.4 Å². The monoisotopic (exact) mass is 483 g/mol. The van der Waals surface area contributed by atoms with E-state index in [0.29, 0.717) is 54.2 Å². The third kappa shape index (κ3) is 4.70. The Hall–Kier alpha value is -2.82. The molecule has 1 amide bonds. The molecule has 1 atom stereocenters. The SMILES string of the molecule is Cc1nn(C2CCS(=O)(=O)C2)c2nc(-c3ccccc3)cc(C(=O)NCCN3CCOCC3)c12. The number of morpholine rings is 1. The molecule has 5 rings (SSSR count). The zero-order valence-electron chi connectivity index (χ0n) is 19.2. The highest BCUT2D eigenvalue weighted by atomic mass is 32.2. The maximum Gasteiger partial charge on any atom is 0.252 e. The fourth-order valence-corrected chi connectivity index (χ4v) is 6.41. The third-order valence-electron chi connectivity index (χ3n) is 6.52. The smallest absolute Gasteiger partial charge is 0.252 e. The first-order chi connectivity index (χ1) is 16.4. The number of ether oxygens (including phenoxy) is 1. The Balaban J connectivity index is 1.51. The minimum atomic E-state index is -3.10. The van der Waals surface area contributed by atoms with Gasteiger partial charge in [-0.1, -0.05) is 30.3 Å². The number of nitrogens with zero attached hydrogens (tertiary/aromatic N) is 4. The molecule has 34 heavy (non-hydrogen) atoms. The molecular weight excluding hydrogens is 454 g/mol. The quantitative estimate of drug-likeness (QED) is 0.570. The average molecular weight is 484 g/mol. The molecule has 0 saturated carbocycles. The summed E-state index contributed by atoms with van der Waals surface area (Å²) in [7, 11) is -3.10. The van der Waals surface area contributed by atoms with Crippen LogP contribution in [-0.4, -0.2) is 84.9 Å². The summed E-state index contributed by atoms with van der Waals surface area (Å²) in [5.41, 5.74) is 3.28. The van der Waals surface area contributed by atoms with Crippen molar-refractivity contribution in [3.63, 3.8) is 0 Å². The molecule has 1 aromatic carbocycles. The highest BCUT2D eigenvalue weighted by Crippen LogP contribution is 2.32. The number of aromatic nitrogens is 3. The van der Waals surface area contributed by atoms with E-state index < -0.39 is 9.84 Å². The molecule has 2 saturated heterocycles. The summed E-state index contributed by atoms with van der Waals surface area (Å²) >= 11 is 0. The predicted molar refractivity (Wildman–Crippen MR) is 130 cm³/mol. The molecule has 3 aromatic rings.